The summed E-state index contributed by atoms with van der Waals surface area (Å²) in [6.45, 7) is 2.90. The molecule has 1 atom stereocenters. The smallest absolute Gasteiger partial charge is 0.289 e. The van der Waals surface area contributed by atoms with Gasteiger partial charge < -0.3 is 14.1 Å². The number of hydrogen-bond acceptors (Lipinski definition) is 7. The van der Waals surface area contributed by atoms with Gasteiger partial charge in [0.15, 0.2) is 5.76 Å². The van der Waals surface area contributed by atoms with E-state index in [1.165, 1.54) is 22.9 Å². The lowest BCUT2D eigenvalue weighted by atomic mass is 9.84. The summed E-state index contributed by atoms with van der Waals surface area (Å²) < 4.78 is 19.5. The van der Waals surface area contributed by atoms with E-state index < -0.39 is 0 Å². The van der Waals surface area contributed by atoms with Crippen molar-refractivity contribution in [2.75, 3.05) is 27.2 Å². The molecule has 2 aromatic carbocycles. The molecule has 0 unspecified atom stereocenters. The second kappa shape index (κ2) is 10.6. The lowest BCUT2D eigenvalue weighted by Crippen LogP contribution is -2.47. The Morgan fingerprint density at radius 2 is 1.94 bits per heavy atom. The molecule has 0 bridgehead atoms. The van der Waals surface area contributed by atoms with E-state index in [1.807, 2.05) is 24.1 Å². The summed E-state index contributed by atoms with van der Waals surface area (Å²) in [5.74, 6) is 1.54. The van der Waals surface area contributed by atoms with Crippen LogP contribution in [0.2, 0.25) is 0 Å². The van der Waals surface area contributed by atoms with Crippen LogP contribution in [-0.4, -0.2) is 57.7 Å². The Morgan fingerprint density at radius 1 is 1.11 bits per heavy atom. The molecule has 1 amide bonds. The minimum absolute atomic E-state index is 0.0688. The summed E-state index contributed by atoms with van der Waals surface area (Å²) in [5.41, 5.74) is 4.36. The van der Waals surface area contributed by atoms with Gasteiger partial charge in [0, 0.05) is 19.6 Å². The van der Waals surface area contributed by atoms with Crippen molar-refractivity contribution in [3.8, 4) is 5.75 Å². The minimum Gasteiger partial charge on any atom is -0.497 e. The van der Waals surface area contributed by atoms with Crippen molar-refractivity contribution in [2.45, 2.75) is 31.8 Å². The first-order valence-corrected chi connectivity index (χ1v) is 12.7. The molecule has 3 heterocycles. The zero-order chi connectivity index (χ0) is 24.2. The van der Waals surface area contributed by atoms with Gasteiger partial charge in [-0.15, -0.1) is 0 Å². The third-order valence-corrected chi connectivity index (χ3v) is 7.59. The molecule has 1 aliphatic heterocycles. The highest BCUT2D eigenvalue weighted by Crippen LogP contribution is 2.29. The van der Waals surface area contributed by atoms with Gasteiger partial charge in [-0.3, -0.25) is 9.69 Å². The molecule has 5 rings (SSSR count). The first-order valence-electron chi connectivity index (χ1n) is 12.0. The summed E-state index contributed by atoms with van der Waals surface area (Å²) in [4.78, 5) is 17.6. The monoisotopic (exact) mass is 490 g/mol. The summed E-state index contributed by atoms with van der Waals surface area (Å²) in [6.07, 6.45) is 4.39. The average Bonchev–Trinajstić information content (AvgIpc) is 3.59. The topological polar surface area (TPSA) is 71.7 Å². The van der Waals surface area contributed by atoms with Gasteiger partial charge >= 0.3 is 0 Å². The molecule has 182 valence electrons. The largest absolute Gasteiger partial charge is 0.497 e. The lowest BCUT2D eigenvalue weighted by Gasteiger charge is -2.40. The van der Waals surface area contributed by atoms with Crippen molar-refractivity contribution < 1.29 is 13.9 Å². The molecule has 7 nitrogen and oxygen atoms in total. The molecule has 0 radical (unpaired) electrons. The first kappa shape index (κ1) is 23.5. The average molecular weight is 491 g/mol. The standard InChI is InChI=1S/C27H30N4O3S/c1-30(27(32)26-7-4-14-34-26)25(17-19-5-3-6-22(15-19)33-2)21-10-12-31(13-11-21)18-20-8-9-23-24(16-20)29-35-28-23/h3-9,14-16,21,25H,10-13,17-18H2,1-2H3/t25-/m1/s1. The number of benzene rings is 2. The van der Waals surface area contributed by atoms with Crippen molar-refractivity contribution in [2.24, 2.45) is 5.92 Å². The molecule has 0 N–H and O–H groups in total. The molecular weight excluding hydrogens is 460 g/mol. The number of likely N-dealkylation sites (N-methyl/N-ethyl adjacent to an activating group) is 1. The summed E-state index contributed by atoms with van der Waals surface area (Å²) in [7, 11) is 3.58. The van der Waals surface area contributed by atoms with Gasteiger partial charge in [0.25, 0.3) is 5.91 Å². The van der Waals surface area contributed by atoms with Crippen molar-refractivity contribution >= 4 is 28.7 Å². The number of fused-ring (bicyclic) bond motifs is 1. The Hall–Kier alpha value is -3.23. The number of carbonyl (C=O) groups is 1. The van der Waals surface area contributed by atoms with Crippen molar-refractivity contribution in [3.63, 3.8) is 0 Å². The van der Waals surface area contributed by atoms with Gasteiger partial charge in [0.1, 0.15) is 16.8 Å². The number of nitrogens with zero attached hydrogens (tertiary/aromatic N) is 4. The maximum absolute atomic E-state index is 13.2. The summed E-state index contributed by atoms with van der Waals surface area (Å²) >= 11 is 1.26. The molecule has 1 saturated heterocycles. The molecule has 0 aliphatic carbocycles. The fourth-order valence-corrected chi connectivity index (χ4v) is 5.58. The predicted octanol–water partition coefficient (Wildman–Crippen LogP) is 4.89. The predicted molar refractivity (Wildman–Crippen MR) is 137 cm³/mol. The van der Waals surface area contributed by atoms with E-state index >= 15 is 0 Å². The van der Waals surface area contributed by atoms with Gasteiger partial charge in [0.05, 0.1) is 25.1 Å². The number of rotatable bonds is 8. The van der Waals surface area contributed by atoms with E-state index in [-0.39, 0.29) is 11.9 Å². The van der Waals surface area contributed by atoms with Crippen molar-refractivity contribution in [1.29, 1.82) is 0 Å². The maximum atomic E-state index is 13.2. The maximum Gasteiger partial charge on any atom is 0.289 e. The number of furan rings is 1. The van der Waals surface area contributed by atoms with Crippen LogP contribution in [0, 0.1) is 5.92 Å². The zero-order valence-electron chi connectivity index (χ0n) is 20.1. The quantitative estimate of drug-likeness (QED) is 0.350. The molecule has 2 aromatic heterocycles. The van der Waals surface area contributed by atoms with Crippen LogP contribution in [0.3, 0.4) is 0 Å². The van der Waals surface area contributed by atoms with E-state index in [4.69, 9.17) is 9.15 Å². The fraction of sp³-hybridized carbons (Fsp3) is 0.370. The highest BCUT2D eigenvalue weighted by Gasteiger charge is 2.32. The highest BCUT2D eigenvalue weighted by atomic mass is 32.1. The number of methoxy groups -OCH3 is 1. The Bertz CT molecular complexity index is 1260. The van der Waals surface area contributed by atoms with E-state index in [1.54, 1.807) is 25.5 Å². The molecule has 8 heteroatoms. The Balaban J connectivity index is 1.29. The number of amides is 1. The van der Waals surface area contributed by atoms with Crippen molar-refractivity contribution in [1.82, 2.24) is 18.5 Å². The number of aromatic nitrogens is 2. The lowest BCUT2D eigenvalue weighted by molar-refractivity contribution is 0.0556. The van der Waals surface area contributed by atoms with Crippen LogP contribution >= 0.6 is 11.7 Å². The van der Waals surface area contributed by atoms with E-state index in [0.29, 0.717) is 11.7 Å². The molecule has 0 spiro atoms. The normalized spacial score (nSPS) is 15.8. The number of carbonyl (C=O) groups excluding carboxylic acids is 1. The number of hydrogen-bond donors (Lipinski definition) is 0. The number of ether oxygens (including phenoxy) is 1. The third kappa shape index (κ3) is 5.39. The van der Waals surface area contributed by atoms with Gasteiger partial charge in [-0.1, -0.05) is 18.2 Å². The molecular formula is C27H30N4O3S. The molecule has 0 saturated carbocycles. The fourth-order valence-electron chi connectivity index (χ4n) is 5.07. The zero-order valence-corrected chi connectivity index (χ0v) is 20.9. The van der Waals surface area contributed by atoms with Crippen LogP contribution in [0.15, 0.2) is 65.3 Å². The van der Waals surface area contributed by atoms with Gasteiger partial charge in [-0.05, 0) is 85.8 Å². The van der Waals surface area contributed by atoms with Crippen molar-refractivity contribution in [3.05, 3.63) is 77.7 Å². The summed E-state index contributed by atoms with van der Waals surface area (Å²) in [6, 6.07) is 18.1. The second-order valence-electron chi connectivity index (χ2n) is 9.22. The Labute approximate surface area is 209 Å². The van der Waals surface area contributed by atoms with Crippen LogP contribution < -0.4 is 4.74 Å². The summed E-state index contributed by atoms with van der Waals surface area (Å²) in [5, 5.41) is 0. The first-order chi connectivity index (χ1) is 17.1. The highest BCUT2D eigenvalue weighted by molar-refractivity contribution is 7.00. The molecule has 4 aromatic rings. The minimum atomic E-state index is -0.0736. The molecule has 1 aliphatic rings. The van der Waals surface area contributed by atoms with Crippen LogP contribution in [0.4, 0.5) is 0 Å². The van der Waals surface area contributed by atoms with E-state index in [2.05, 4.69) is 44.0 Å². The van der Waals surface area contributed by atoms with Gasteiger partial charge in [-0.2, -0.15) is 8.75 Å². The van der Waals surface area contributed by atoms with E-state index in [0.717, 1.165) is 55.7 Å². The van der Waals surface area contributed by atoms with Gasteiger partial charge in [-0.25, -0.2) is 0 Å². The van der Waals surface area contributed by atoms with E-state index in [9.17, 15) is 4.79 Å². The van der Waals surface area contributed by atoms with Crippen LogP contribution in [0.1, 0.15) is 34.5 Å². The Kier molecular flexibility index (Phi) is 7.11. The molecule has 35 heavy (non-hydrogen) atoms. The van der Waals surface area contributed by atoms with Crippen LogP contribution in [0.25, 0.3) is 11.0 Å². The number of piperidine rings is 1. The SMILES string of the molecule is COc1cccc(C[C@H](C2CCN(Cc3ccc4nsnc4c3)CC2)N(C)C(=O)c2ccco2)c1. The third-order valence-electron chi connectivity index (χ3n) is 7.03. The Morgan fingerprint density at radius 3 is 2.71 bits per heavy atom. The van der Waals surface area contributed by atoms with Gasteiger partial charge in [0.2, 0.25) is 0 Å². The molecule has 1 fully saturated rings. The van der Waals surface area contributed by atoms with Crippen LogP contribution in [0.5, 0.6) is 5.75 Å². The second-order valence-corrected chi connectivity index (χ2v) is 9.75. The van der Waals surface area contributed by atoms with Crippen LogP contribution in [-0.2, 0) is 13.0 Å². The number of likely N-dealkylation sites (tertiary alicyclic amines) is 1.